The van der Waals surface area contributed by atoms with Gasteiger partial charge in [0.05, 0.1) is 11.4 Å². The molecule has 8 aromatic carbocycles. The van der Waals surface area contributed by atoms with Crippen LogP contribution in [-0.2, 0) is 12.0 Å². The van der Waals surface area contributed by atoms with Crippen LogP contribution in [0.3, 0.4) is 0 Å². The summed E-state index contributed by atoms with van der Waals surface area (Å²) < 4.78 is 0. The molecule has 0 saturated carbocycles. The zero-order valence-electron chi connectivity index (χ0n) is 39.8. The summed E-state index contributed by atoms with van der Waals surface area (Å²) in [6.45, 7) is 21.8. The number of allylic oxidation sites excluding steroid dienone is 6. The van der Waals surface area contributed by atoms with Crippen LogP contribution in [0.2, 0.25) is 0 Å². The highest BCUT2D eigenvalue weighted by atomic mass is 15.1. The van der Waals surface area contributed by atoms with E-state index in [0.29, 0.717) is 6.54 Å². The van der Waals surface area contributed by atoms with Gasteiger partial charge in [-0.15, -0.1) is 0 Å². The summed E-state index contributed by atoms with van der Waals surface area (Å²) in [5.74, 6) is 0. The fraction of sp³-hybridized carbons (Fsp3) is 0.123. The third kappa shape index (κ3) is 9.08. The highest BCUT2D eigenvalue weighted by Crippen LogP contribution is 2.50. The summed E-state index contributed by atoms with van der Waals surface area (Å²) in [7, 11) is 0. The van der Waals surface area contributed by atoms with Gasteiger partial charge >= 0.3 is 0 Å². The maximum atomic E-state index is 4.34. The summed E-state index contributed by atoms with van der Waals surface area (Å²) in [5.41, 5.74) is 22.2. The number of hydrogen-bond donors (Lipinski definition) is 0. The van der Waals surface area contributed by atoms with Gasteiger partial charge in [-0.2, -0.15) is 0 Å². The molecular formula is C65H59N3. The summed E-state index contributed by atoms with van der Waals surface area (Å²) in [6.07, 6.45) is 8.17. The summed E-state index contributed by atoms with van der Waals surface area (Å²) >= 11 is 0. The highest BCUT2D eigenvalue weighted by molar-refractivity contribution is 5.85. The molecule has 0 N–H and O–H groups in total. The molecule has 0 aliphatic heterocycles. The lowest BCUT2D eigenvalue weighted by Crippen LogP contribution is -2.16. The zero-order chi connectivity index (χ0) is 47.2. The van der Waals surface area contributed by atoms with Crippen LogP contribution in [0.1, 0.15) is 62.8 Å². The van der Waals surface area contributed by atoms with Gasteiger partial charge in [-0.1, -0.05) is 186 Å². The Kier molecular flexibility index (Phi) is 13.2. The van der Waals surface area contributed by atoms with Gasteiger partial charge in [-0.05, 0) is 159 Å². The molecule has 0 radical (unpaired) electrons. The van der Waals surface area contributed by atoms with Crippen LogP contribution in [0, 0.1) is 0 Å². The molecule has 0 fully saturated rings. The minimum Gasteiger partial charge on any atom is -0.335 e. The van der Waals surface area contributed by atoms with Crippen LogP contribution in [0.15, 0.2) is 242 Å². The van der Waals surface area contributed by atoms with E-state index in [4.69, 9.17) is 0 Å². The molecule has 0 atom stereocenters. The van der Waals surface area contributed by atoms with Crippen molar-refractivity contribution in [3.63, 3.8) is 0 Å². The number of anilines is 5. The quantitative estimate of drug-likeness (QED) is 0.0711. The first kappa shape index (κ1) is 45.2. The predicted octanol–water partition coefficient (Wildman–Crippen LogP) is 18.3. The van der Waals surface area contributed by atoms with E-state index in [1.807, 2.05) is 30.4 Å². The van der Waals surface area contributed by atoms with Gasteiger partial charge in [0.1, 0.15) is 0 Å². The van der Waals surface area contributed by atoms with Crippen molar-refractivity contribution in [3.8, 4) is 33.4 Å². The van der Waals surface area contributed by atoms with Gasteiger partial charge in [0.25, 0.3) is 0 Å². The van der Waals surface area contributed by atoms with E-state index in [2.05, 4.69) is 244 Å². The molecule has 68 heavy (non-hydrogen) atoms. The van der Waals surface area contributed by atoms with E-state index in [9.17, 15) is 0 Å². The average molecular weight is 882 g/mol. The molecular weight excluding hydrogens is 823 g/mol. The zero-order valence-corrected chi connectivity index (χ0v) is 39.8. The fourth-order valence-corrected chi connectivity index (χ4v) is 9.78. The first-order valence-electron chi connectivity index (χ1n) is 23.7. The molecule has 9 rings (SSSR count). The predicted molar refractivity (Wildman–Crippen MR) is 293 cm³/mol. The van der Waals surface area contributed by atoms with Gasteiger partial charge in [-0.25, -0.2) is 0 Å². The van der Waals surface area contributed by atoms with Gasteiger partial charge in [0, 0.05) is 34.7 Å². The molecule has 0 bridgehead atoms. The van der Waals surface area contributed by atoms with Crippen molar-refractivity contribution in [2.24, 2.45) is 4.99 Å². The summed E-state index contributed by atoms with van der Waals surface area (Å²) in [4.78, 5) is 8.99. The Hall–Kier alpha value is -8.01. The Morgan fingerprint density at radius 2 is 1.10 bits per heavy atom. The van der Waals surface area contributed by atoms with E-state index in [1.165, 1.54) is 50.1 Å². The Morgan fingerprint density at radius 1 is 0.559 bits per heavy atom. The molecule has 334 valence electrons. The van der Waals surface area contributed by atoms with E-state index in [0.717, 1.165) is 69.2 Å². The van der Waals surface area contributed by atoms with Crippen molar-refractivity contribution >= 4 is 46.4 Å². The lowest BCUT2D eigenvalue weighted by molar-refractivity contribution is 0.660. The molecule has 3 nitrogen and oxygen atoms in total. The number of rotatable bonds is 16. The van der Waals surface area contributed by atoms with Gasteiger partial charge in [0.15, 0.2) is 0 Å². The normalized spacial score (nSPS) is 12.9. The van der Waals surface area contributed by atoms with E-state index in [1.54, 1.807) is 0 Å². The van der Waals surface area contributed by atoms with Gasteiger partial charge in [0.2, 0.25) is 0 Å². The van der Waals surface area contributed by atoms with Crippen molar-refractivity contribution < 1.29 is 0 Å². The van der Waals surface area contributed by atoms with Crippen LogP contribution >= 0.6 is 0 Å². The molecule has 0 aromatic heterocycles. The van der Waals surface area contributed by atoms with Crippen molar-refractivity contribution in [1.82, 2.24) is 0 Å². The second-order valence-electron chi connectivity index (χ2n) is 18.1. The third-order valence-corrected chi connectivity index (χ3v) is 13.5. The number of benzene rings is 8. The lowest BCUT2D eigenvalue weighted by Gasteiger charge is -2.27. The molecule has 3 heteroatoms. The van der Waals surface area contributed by atoms with Crippen LogP contribution < -0.4 is 9.80 Å². The standard InChI is InChI=1S/C65H59N3/c1-8-18-48(9-2)49(10-3)43-46(4)50-29-36-56(37-30-50)68(58-40-33-53(34-41-58)54-35-42-60-59-21-14-15-22-61(59)65(5,6)62(60)44-54)57-38-31-52(32-39-57)51-27-25-47(26-28-51)45-67(55-19-12-11-13-20-55)64-24-17-16-23-63(64)66-7/h9-17,19-44H,2-3,7-8,18,45H2,1,4-6H3/b46-43+,49-48-. The van der Waals surface area contributed by atoms with Crippen molar-refractivity contribution in [3.05, 3.63) is 259 Å². The molecule has 1 aliphatic carbocycles. The Bertz CT molecular complexity index is 3150. The first-order valence-corrected chi connectivity index (χ1v) is 23.7. The number of para-hydroxylation sites is 3. The minimum atomic E-state index is -0.0563. The topological polar surface area (TPSA) is 18.8 Å². The first-order chi connectivity index (χ1) is 33.2. The summed E-state index contributed by atoms with van der Waals surface area (Å²) in [5, 5.41) is 0. The molecule has 0 heterocycles. The highest BCUT2D eigenvalue weighted by Gasteiger charge is 2.35. The third-order valence-electron chi connectivity index (χ3n) is 13.5. The smallest absolute Gasteiger partial charge is 0.0859 e. The Morgan fingerprint density at radius 3 is 1.72 bits per heavy atom. The second-order valence-corrected chi connectivity index (χ2v) is 18.1. The summed E-state index contributed by atoms with van der Waals surface area (Å²) in [6, 6.07) is 70.2. The maximum Gasteiger partial charge on any atom is 0.0859 e. The van der Waals surface area contributed by atoms with Crippen LogP contribution in [0.25, 0.3) is 39.0 Å². The van der Waals surface area contributed by atoms with Crippen LogP contribution in [-0.4, -0.2) is 6.72 Å². The molecule has 0 saturated heterocycles. The second kappa shape index (κ2) is 19.8. The number of aliphatic imine (C=N–C) groups is 1. The van der Waals surface area contributed by atoms with Crippen LogP contribution in [0.4, 0.5) is 34.1 Å². The van der Waals surface area contributed by atoms with Gasteiger partial charge < -0.3 is 9.80 Å². The van der Waals surface area contributed by atoms with Crippen molar-refractivity contribution in [1.29, 1.82) is 0 Å². The Balaban J connectivity index is 1.02. The molecule has 8 aromatic rings. The molecule has 0 amide bonds. The fourth-order valence-electron chi connectivity index (χ4n) is 9.78. The molecule has 1 aliphatic rings. The molecule has 0 unspecified atom stereocenters. The van der Waals surface area contributed by atoms with E-state index in [-0.39, 0.29) is 5.41 Å². The monoisotopic (exact) mass is 881 g/mol. The SMILES string of the molecule is C=CC(/C=C(\C)c1ccc(N(c2ccc(-c3ccc(CN(c4ccccc4)c4ccccc4N=C)cc3)cc2)c2ccc(-c3ccc4c(c3)C(C)(C)c3ccccc3-4)cc2)cc1)=C(\C=C)CCC. The minimum absolute atomic E-state index is 0.0563. The number of hydrogen-bond acceptors (Lipinski definition) is 3. The Labute approximate surface area is 404 Å². The number of fused-ring (bicyclic) bond motifs is 3. The van der Waals surface area contributed by atoms with E-state index < -0.39 is 0 Å². The lowest BCUT2D eigenvalue weighted by atomic mass is 9.81. The van der Waals surface area contributed by atoms with Crippen LogP contribution in [0.5, 0.6) is 0 Å². The van der Waals surface area contributed by atoms with Gasteiger partial charge in [-0.3, -0.25) is 4.99 Å². The van der Waals surface area contributed by atoms with Crippen molar-refractivity contribution in [2.75, 3.05) is 9.80 Å². The molecule has 0 spiro atoms. The maximum absolute atomic E-state index is 4.34. The van der Waals surface area contributed by atoms with Crippen molar-refractivity contribution in [2.45, 2.75) is 52.5 Å². The average Bonchev–Trinajstić information content (AvgIpc) is 3.62. The van der Waals surface area contributed by atoms with E-state index >= 15 is 0 Å². The number of nitrogens with zero attached hydrogens (tertiary/aromatic N) is 3. The largest absolute Gasteiger partial charge is 0.335 e.